The van der Waals surface area contributed by atoms with Crippen molar-refractivity contribution in [2.45, 2.75) is 12.9 Å². The molecule has 0 saturated carbocycles. The molecule has 0 aliphatic carbocycles. The van der Waals surface area contributed by atoms with Crippen LogP contribution < -0.4 is 15.2 Å². The molecule has 8 heteroatoms. The van der Waals surface area contributed by atoms with E-state index in [1.54, 1.807) is 0 Å². The predicted molar refractivity (Wildman–Crippen MR) is 65.3 cm³/mol. The van der Waals surface area contributed by atoms with Gasteiger partial charge in [-0.2, -0.15) is 0 Å². The van der Waals surface area contributed by atoms with Crippen molar-refractivity contribution < 1.29 is 27.0 Å². The molecular formula is C13H10F4N2O2. The molecule has 4 nitrogen and oxygen atoms in total. The van der Waals surface area contributed by atoms with Crippen LogP contribution in [-0.4, -0.2) is 11.3 Å². The van der Waals surface area contributed by atoms with Crippen LogP contribution >= 0.6 is 0 Å². The second kappa shape index (κ2) is 5.96. The van der Waals surface area contributed by atoms with Gasteiger partial charge in [-0.15, -0.1) is 13.2 Å². The maximum atomic E-state index is 13.8. The van der Waals surface area contributed by atoms with Crippen molar-refractivity contribution in [2.24, 2.45) is 5.73 Å². The lowest BCUT2D eigenvalue weighted by Crippen LogP contribution is -2.16. The van der Waals surface area contributed by atoms with E-state index in [0.717, 1.165) is 12.1 Å². The number of ether oxygens (including phenoxy) is 2. The van der Waals surface area contributed by atoms with Crippen LogP contribution in [0, 0.1) is 5.82 Å². The molecule has 1 heterocycles. The standard InChI is InChI=1S/C13H10F4N2O2/c14-11-8(7-18)5-6-19-12(11)20-9-1-3-10(4-2-9)21-13(15,16)17/h1-6H,7,18H2. The van der Waals surface area contributed by atoms with Crippen LogP contribution in [-0.2, 0) is 6.54 Å². The summed E-state index contributed by atoms with van der Waals surface area (Å²) in [5.74, 6) is -1.30. The number of hydrogen-bond donors (Lipinski definition) is 1. The second-order valence-electron chi connectivity index (χ2n) is 3.91. The lowest BCUT2D eigenvalue weighted by Gasteiger charge is -2.10. The molecule has 0 aliphatic rings. The first-order valence-corrected chi connectivity index (χ1v) is 5.76. The molecule has 0 atom stereocenters. The van der Waals surface area contributed by atoms with E-state index >= 15 is 0 Å². The minimum Gasteiger partial charge on any atom is -0.436 e. The third kappa shape index (κ3) is 4.06. The fourth-order valence-corrected chi connectivity index (χ4v) is 1.51. The lowest BCUT2D eigenvalue weighted by atomic mass is 10.2. The van der Waals surface area contributed by atoms with Gasteiger partial charge in [-0.3, -0.25) is 0 Å². The number of halogens is 4. The van der Waals surface area contributed by atoms with Gasteiger partial charge in [0.05, 0.1) is 0 Å². The van der Waals surface area contributed by atoms with Crippen LogP contribution in [0.3, 0.4) is 0 Å². The Morgan fingerprint density at radius 3 is 2.24 bits per heavy atom. The van der Waals surface area contributed by atoms with E-state index in [-0.39, 0.29) is 23.7 Å². The highest BCUT2D eigenvalue weighted by molar-refractivity contribution is 5.35. The monoisotopic (exact) mass is 302 g/mol. The van der Waals surface area contributed by atoms with Crippen molar-refractivity contribution >= 4 is 0 Å². The van der Waals surface area contributed by atoms with E-state index in [4.69, 9.17) is 10.5 Å². The number of aromatic nitrogens is 1. The summed E-state index contributed by atoms with van der Waals surface area (Å²) in [5, 5.41) is 0. The number of nitrogens with zero attached hydrogens (tertiary/aromatic N) is 1. The molecule has 0 spiro atoms. The Balaban J connectivity index is 2.14. The van der Waals surface area contributed by atoms with Crippen LogP contribution in [0.1, 0.15) is 5.56 Å². The summed E-state index contributed by atoms with van der Waals surface area (Å²) in [6.45, 7) is -0.0247. The van der Waals surface area contributed by atoms with Crippen LogP contribution in [0.5, 0.6) is 17.4 Å². The molecule has 0 saturated heterocycles. The third-order valence-corrected chi connectivity index (χ3v) is 2.43. The molecule has 112 valence electrons. The van der Waals surface area contributed by atoms with Crippen molar-refractivity contribution in [3.63, 3.8) is 0 Å². The molecule has 0 bridgehead atoms. The van der Waals surface area contributed by atoms with Crippen LogP contribution in [0.15, 0.2) is 36.5 Å². The minimum atomic E-state index is -4.77. The van der Waals surface area contributed by atoms with Crippen molar-refractivity contribution in [1.29, 1.82) is 0 Å². The van der Waals surface area contributed by atoms with Crippen molar-refractivity contribution in [1.82, 2.24) is 4.98 Å². The van der Waals surface area contributed by atoms with Crippen molar-refractivity contribution in [2.75, 3.05) is 0 Å². The third-order valence-electron chi connectivity index (χ3n) is 2.43. The fourth-order valence-electron chi connectivity index (χ4n) is 1.51. The Bertz CT molecular complexity index is 615. The summed E-state index contributed by atoms with van der Waals surface area (Å²) in [7, 11) is 0. The largest absolute Gasteiger partial charge is 0.573 e. The zero-order valence-corrected chi connectivity index (χ0v) is 10.5. The van der Waals surface area contributed by atoms with Gasteiger partial charge in [-0.25, -0.2) is 9.37 Å². The predicted octanol–water partition coefficient (Wildman–Crippen LogP) is 3.37. The quantitative estimate of drug-likeness (QED) is 0.880. The summed E-state index contributed by atoms with van der Waals surface area (Å²) < 4.78 is 58.7. The number of alkyl halides is 3. The SMILES string of the molecule is NCc1ccnc(Oc2ccc(OC(F)(F)F)cc2)c1F. The van der Waals surface area contributed by atoms with E-state index in [9.17, 15) is 17.6 Å². The first-order chi connectivity index (χ1) is 9.89. The zero-order valence-electron chi connectivity index (χ0n) is 10.5. The highest BCUT2D eigenvalue weighted by Crippen LogP contribution is 2.28. The number of benzene rings is 1. The van der Waals surface area contributed by atoms with E-state index < -0.39 is 17.9 Å². The summed E-state index contributed by atoms with van der Waals surface area (Å²) >= 11 is 0. The van der Waals surface area contributed by atoms with E-state index in [2.05, 4.69) is 9.72 Å². The van der Waals surface area contributed by atoms with Gasteiger partial charge in [-0.1, -0.05) is 0 Å². The Hall–Kier alpha value is -2.35. The van der Waals surface area contributed by atoms with Gasteiger partial charge >= 0.3 is 6.36 Å². The van der Waals surface area contributed by atoms with Gasteiger partial charge in [-0.05, 0) is 30.3 Å². The fraction of sp³-hybridized carbons (Fsp3) is 0.154. The van der Waals surface area contributed by atoms with Crippen molar-refractivity contribution in [3.8, 4) is 17.4 Å². The highest BCUT2D eigenvalue weighted by Gasteiger charge is 2.31. The minimum absolute atomic E-state index is 0.0247. The molecule has 0 unspecified atom stereocenters. The molecule has 21 heavy (non-hydrogen) atoms. The molecule has 2 N–H and O–H groups in total. The average molecular weight is 302 g/mol. The van der Waals surface area contributed by atoms with Gasteiger partial charge in [0.15, 0.2) is 5.82 Å². The number of rotatable bonds is 4. The molecule has 0 radical (unpaired) electrons. The molecule has 0 amide bonds. The summed E-state index contributed by atoms with van der Waals surface area (Å²) in [5.41, 5.74) is 5.56. The Labute approximate surface area is 117 Å². The molecule has 0 aliphatic heterocycles. The van der Waals surface area contributed by atoms with Gasteiger partial charge in [0.2, 0.25) is 0 Å². The Morgan fingerprint density at radius 2 is 1.67 bits per heavy atom. The molecule has 1 aromatic carbocycles. The zero-order chi connectivity index (χ0) is 15.5. The van der Waals surface area contributed by atoms with Gasteiger partial charge in [0.1, 0.15) is 11.5 Å². The Kier molecular flexibility index (Phi) is 4.27. The maximum absolute atomic E-state index is 13.8. The first kappa shape index (κ1) is 15.0. The van der Waals surface area contributed by atoms with E-state index in [0.29, 0.717) is 0 Å². The van der Waals surface area contributed by atoms with E-state index in [1.165, 1.54) is 24.4 Å². The number of nitrogens with two attached hydrogens (primary N) is 1. The van der Waals surface area contributed by atoms with Crippen LogP contribution in [0.2, 0.25) is 0 Å². The topological polar surface area (TPSA) is 57.4 Å². The smallest absolute Gasteiger partial charge is 0.436 e. The summed E-state index contributed by atoms with van der Waals surface area (Å²) in [4.78, 5) is 3.70. The normalized spacial score (nSPS) is 11.3. The van der Waals surface area contributed by atoms with E-state index in [1.807, 2.05) is 0 Å². The Morgan fingerprint density at radius 1 is 1.05 bits per heavy atom. The number of hydrogen-bond acceptors (Lipinski definition) is 4. The highest BCUT2D eigenvalue weighted by atomic mass is 19.4. The maximum Gasteiger partial charge on any atom is 0.573 e. The summed E-state index contributed by atoms with van der Waals surface area (Å²) in [6, 6.07) is 5.91. The lowest BCUT2D eigenvalue weighted by molar-refractivity contribution is -0.274. The molecule has 1 aromatic heterocycles. The molecule has 2 aromatic rings. The first-order valence-electron chi connectivity index (χ1n) is 5.76. The molecule has 0 fully saturated rings. The molecule has 2 rings (SSSR count). The van der Waals surface area contributed by atoms with Gasteiger partial charge in [0, 0.05) is 18.3 Å². The van der Waals surface area contributed by atoms with Crippen LogP contribution in [0.25, 0.3) is 0 Å². The summed E-state index contributed by atoms with van der Waals surface area (Å²) in [6.07, 6.45) is -3.45. The average Bonchev–Trinajstić information content (AvgIpc) is 2.42. The van der Waals surface area contributed by atoms with Gasteiger partial charge in [0.25, 0.3) is 5.88 Å². The number of pyridine rings is 1. The molecular weight excluding hydrogens is 292 g/mol. The van der Waals surface area contributed by atoms with Crippen LogP contribution in [0.4, 0.5) is 17.6 Å². The second-order valence-corrected chi connectivity index (χ2v) is 3.91. The van der Waals surface area contributed by atoms with Crippen molar-refractivity contribution in [3.05, 3.63) is 47.9 Å². The van der Waals surface area contributed by atoms with Gasteiger partial charge < -0.3 is 15.2 Å².